The van der Waals surface area contributed by atoms with Gasteiger partial charge < -0.3 is 10.8 Å². The fourth-order valence-corrected chi connectivity index (χ4v) is 1.68. The predicted molar refractivity (Wildman–Crippen MR) is 49.9 cm³/mol. The molecule has 3 N–H and O–H groups in total. The zero-order valence-electron chi connectivity index (χ0n) is 7.03. The molecule has 0 atom stereocenters. The zero-order valence-corrected chi connectivity index (χ0v) is 7.84. The number of nitrogen functional groups attached to an aromatic ring is 1. The van der Waals surface area contributed by atoms with Gasteiger partial charge >= 0.3 is 0 Å². The monoisotopic (exact) mass is 187 g/mol. The Morgan fingerprint density at radius 1 is 1.75 bits per heavy atom. The maximum atomic E-state index is 8.64. The number of aromatic nitrogens is 1. The van der Waals surface area contributed by atoms with Crippen molar-refractivity contribution in [1.82, 2.24) is 9.88 Å². The molecule has 0 saturated carbocycles. The van der Waals surface area contributed by atoms with Gasteiger partial charge in [-0.1, -0.05) is 0 Å². The molecule has 1 aromatic rings. The Bertz CT molecular complexity index is 238. The lowest BCUT2D eigenvalue weighted by atomic mass is 10.5. The van der Waals surface area contributed by atoms with Crippen LogP contribution in [-0.2, 0) is 6.54 Å². The summed E-state index contributed by atoms with van der Waals surface area (Å²) in [7, 11) is 1.95. The van der Waals surface area contributed by atoms with Crippen LogP contribution in [0.2, 0.25) is 0 Å². The van der Waals surface area contributed by atoms with Crippen molar-refractivity contribution in [2.75, 3.05) is 25.9 Å². The third-order valence-corrected chi connectivity index (χ3v) is 2.29. The minimum absolute atomic E-state index is 0.185. The first-order chi connectivity index (χ1) is 5.72. The summed E-state index contributed by atoms with van der Waals surface area (Å²) >= 11 is 1.49. The first kappa shape index (κ1) is 9.44. The molecular formula is C7H13N3OS. The Hall–Kier alpha value is -0.650. The average molecular weight is 187 g/mol. The molecule has 12 heavy (non-hydrogen) atoms. The zero-order chi connectivity index (χ0) is 8.97. The van der Waals surface area contributed by atoms with Gasteiger partial charge in [0.05, 0.1) is 6.61 Å². The van der Waals surface area contributed by atoms with Crippen molar-refractivity contribution in [1.29, 1.82) is 0 Å². The van der Waals surface area contributed by atoms with Gasteiger partial charge in [0.15, 0.2) is 5.13 Å². The highest BCUT2D eigenvalue weighted by atomic mass is 32.1. The third kappa shape index (κ3) is 2.77. The van der Waals surface area contributed by atoms with Crippen LogP contribution in [0.5, 0.6) is 0 Å². The molecule has 1 aromatic heterocycles. The van der Waals surface area contributed by atoms with Crippen molar-refractivity contribution in [3.63, 3.8) is 0 Å². The molecule has 0 fully saturated rings. The molecule has 0 aliphatic heterocycles. The van der Waals surface area contributed by atoms with E-state index in [1.807, 2.05) is 11.9 Å². The van der Waals surface area contributed by atoms with Crippen LogP contribution in [0.3, 0.4) is 0 Å². The molecule has 0 spiro atoms. The van der Waals surface area contributed by atoms with E-state index in [2.05, 4.69) is 4.98 Å². The maximum absolute atomic E-state index is 8.64. The van der Waals surface area contributed by atoms with Gasteiger partial charge in [-0.3, -0.25) is 4.90 Å². The quantitative estimate of drug-likeness (QED) is 0.704. The molecule has 0 amide bonds. The summed E-state index contributed by atoms with van der Waals surface area (Å²) < 4.78 is 0. The highest BCUT2D eigenvalue weighted by molar-refractivity contribution is 7.15. The number of hydrogen-bond acceptors (Lipinski definition) is 5. The summed E-state index contributed by atoms with van der Waals surface area (Å²) in [4.78, 5) is 7.09. The second kappa shape index (κ2) is 4.39. The van der Waals surface area contributed by atoms with E-state index in [0.717, 1.165) is 11.4 Å². The molecular weight excluding hydrogens is 174 g/mol. The number of aliphatic hydroxyl groups is 1. The highest BCUT2D eigenvalue weighted by Crippen LogP contribution is 2.15. The lowest BCUT2D eigenvalue weighted by molar-refractivity contribution is 0.218. The highest BCUT2D eigenvalue weighted by Gasteiger charge is 2.02. The SMILES string of the molecule is CN(CCO)Cc1cnc(N)s1. The summed E-state index contributed by atoms with van der Waals surface area (Å²) in [6, 6.07) is 0. The van der Waals surface area contributed by atoms with Crippen LogP contribution in [0.15, 0.2) is 6.20 Å². The molecule has 1 rings (SSSR count). The first-order valence-corrected chi connectivity index (χ1v) is 4.53. The van der Waals surface area contributed by atoms with Crippen molar-refractivity contribution < 1.29 is 5.11 Å². The van der Waals surface area contributed by atoms with Gasteiger partial charge in [0.25, 0.3) is 0 Å². The van der Waals surface area contributed by atoms with E-state index >= 15 is 0 Å². The second-order valence-corrected chi connectivity index (χ2v) is 3.77. The fourth-order valence-electron chi connectivity index (χ4n) is 0.912. The Morgan fingerprint density at radius 2 is 2.50 bits per heavy atom. The van der Waals surface area contributed by atoms with E-state index in [1.165, 1.54) is 11.3 Å². The van der Waals surface area contributed by atoms with Crippen LogP contribution in [0.1, 0.15) is 4.88 Å². The summed E-state index contributed by atoms with van der Waals surface area (Å²) in [5.74, 6) is 0. The van der Waals surface area contributed by atoms with Gasteiger partial charge in [0.1, 0.15) is 0 Å². The Balaban J connectivity index is 2.41. The molecule has 0 saturated heterocycles. The van der Waals surface area contributed by atoms with Gasteiger partial charge in [-0.25, -0.2) is 4.98 Å². The summed E-state index contributed by atoms with van der Waals surface area (Å²) in [6.07, 6.45) is 1.77. The van der Waals surface area contributed by atoms with E-state index in [0.29, 0.717) is 11.7 Å². The normalized spacial score (nSPS) is 10.9. The summed E-state index contributed by atoms with van der Waals surface area (Å²) in [6.45, 7) is 1.66. The lowest BCUT2D eigenvalue weighted by Gasteiger charge is -2.12. The molecule has 0 aliphatic rings. The number of nitrogens with zero attached hydrogens (tertiary/aromatic N) is 2. The fraction of sp³-hybridized carbons (Fsp3) is 0.571. The molecule has 5 heteroatoms. The smallest absolute Gasteiger partial charge is 0.180 e. The number of anilines is 1. The number of hydrogen-bond donors (Lipinski definition) is 2. The van der Waals surface area contributed by atoms with Crippen LogP contribution < -0.4 is 5.73 Å². The lowest BCUT2D eigenvalue weighted by Crippen LogP contribution is -2.20. The van der Waals surface area contributed by atoms with Crippen molar-refractivity contribution in [3.8, 4) is 0 Å². The van der Waals surface area contributed by atoms with E-state index < -0.39 is 0 Å². The molecule has 0 bridgehead atoms. The largest absolute Gasteiger partial charge is 0.395 e. The van der Waals surface area contributed by atoms with Gasteiger partial charge in [0.2, 0.25) is 0 Å². The topological polar surface area (TPSA) is 62.4 Å². The number of likely N-dealkylation sites (N-methyl/N-ethyl adjacent to an activating group) is 1. The average Bonchev–Trinajstić information content (AvgIpc) is 2.36. The van der Waals surface area contributed by atoms with Crippen LogP contribution in [0.25, 0.3) is 0 Å². The van der Waals surface area contributed by atoms with E-state index in [-0.39, 0.29) is 6.61 Å². The number of aliphatic hydroxyl groups excluding tert-OH is 1. The minimum atomic E-state index is 0.185. The Morgan fingerprint density at radius 3 is 3.00 bits per heavy atom. The minimum Gasteiger partial charge on any atom is -0.395 e. The molecule has 0 unspecified atom stereocenters. The third-order valence-electron chi connectivity index (χ3n) is 1.48. The van der Waals surface area contributed by atoms with Crippen LogP contribution in [0.4, 0.5) is 5.13 Å². The van der Waals surface area contributed by atoms with E-state index in [9.17, 15) is 0 Å². The van der Waals surface area contributed by atoms with Gasteiger partial charge in [-0.05, 0) is 7.05 Å². The Kier molecular flexibility index (Phi) is 3.46. The summed E-state index contributed by atoms with van der Waals surface area (Å²) in [5, 5.41) is 9.24. The Labute approximate surface area is 75.6 Å². The first-order valence-electron chi connectivity index (χ1n) is 3.72. The van der Waals surface area contributed by atoms with Crippen molar-refractivity contribution >= 4 is 16.5 Å². The predicted octanol–water partition coefficient (Wildman–Crippen LogP) is 0.149. The van der Waals surface area contributed by atoms with E-state index in [1.54, 1.807) is 6.20 Å². The van der Waals surface area contributed by atoms with Gasteiger partial charge in [-0.15, -0.1) is 11.3 Å². The molecule has 1 heterocycles. The van der Waals surface area contributed by atoms with Gasteiger partial charge in [0, 0.05) is 24.2 Å². The number of nitrogens with two attached hydrogens (primary N) is 1. The van der Waals surface area contributed by atoms with Crippen molar-refractivity contribution in [2.45, 2.75) is 6.54 Å². The van der Waals surface area contributed by atoms with E-state index in [4.69, 9.17) is 10.8 Å². The van der Waals surface area contributed by atoms with Crippen LogP contribution in [-0.4, -0.2) is 35.2 Å². The molecule has 0 aromatic carbocycles. The van der Waals surface area contributed by atoms with Crippen LogP contribution in [0, 0.1) is 0 Å². The molecule has 68 valence electrons. The number of rotatable bonds is 4. The van der Waals surface area contributed by atoms with Gasteiger partial charge in [-0.2, -0.15) is 0 Å². The van der Waals surface area contributed by atoms with Crippen molar-refractivity contribution in [2.24, 2.45) is 0 Å². The molecule has 4 nitrogen and oxygen atoms in total. The second-order valence-electron chi connectivity index (χ2n) is 2.63. The number of thiazole rings is 1. The maximum Gasteiger partial charge on any atom is 0.180 e. The molecule has 0 aliphatic carbocycles. The molecule has 0 radical (unpaired) electrons. The standard InChI is InChI=1S/C7H13N3OS/c1-10(2-3-11)5-6-4-9-7(8)12-6/h4,11H,2-3,5H2,1H3,(H2,8,9). The van der Waals surface area contributed by atoms with Crippen molar-refractivity contribution in [3.05, 3.63) is 11.1 Å². The summed E-state index contributed by atoms with van der Waals surface area (Å²) in [5.41, 5.74) is 5.47. The van der Waals surface area contributed by atoms with Crippen LogP contribution >= 0.6 is 11.3 Å².